The number of benzene rings is 1. The first kappa shape index (κ1) is 14.4. The van der Waals surface area contributed by atoms with Crippen molar-refractivity contribution in [2.24, 2.45) is 0 Å². The van der Waals surface area contributed by atoms with Crippen LogP contribution in [0.1, 0.15) is 25.8 Å². The fourth-order valence-electron chi connectivity index (χ4n) is 1.50. The van der Waals surface area contributed by atoms with Gasteiger partial charge in [-0.2, -0.15) is 0 Å². The Morgan fingerprint density at radius 3 is 2.65 bits per heavy atom. The summed E-state index contributed by atoms with van der Waals surface area (Å²) in [4.78, 5) is 1.96. The lowest BCUT2D eigenvalue weighted by molar-refractivity contribution is 0.0598. The van der Waals surface area contributed by atoms with Gasteiger partial charge in [0, 0.05) is 18.7 Å². The van der Waals surface area contributed by atoms with Crippen LogP contribution in [0.15, 0.2) is 18.2 Å². The average Bonchev–Trinajstić information content (AvgIpc) is 2.21. The van der Waals surface area contributed by atoms with Gasteiger partial charge >= 0.3 is 0 Å². The van der Waals surface area contributed by atoms with E-state index >= 15 is 0 Å². The van der Waals surface area contributed by atoms with E-state index in [1.54, 1.807) is 26.0 Å². The quantitative estimate of drug-likeness (QED) is 0.879. The Morgan fingerprint density at radius 2 is 2.06 bits per heavy atom. The molecule has 0 bridgehead atoms. The highest BCUT2D eigenvalue weighted by molar-refractivity contribution is 6.30. The molecule has 0 aliphatic heterocycles. The molecule has 0 atom stereocenters. The number of hydrogen-bond acceptors (Lipinski definition) is 2. The van der Waals surface area contributed by atoms with Crippen LogP contribution in [0.4, 0.5) is 4.39 Å². The van der Waals surface area contributed by atoms with Gasteiger partial charge in [0.05, 0.1) is 10.6 Å². The van der Waals surface area contributed by atoms with Gasteiger partial charge in [0.15, 0.2) is 0 Å². The minimum Gasteiger partial charge on any atom is -0.390 e. The fourth-order valence-corrected chi connectivity index (χ4v) is 1.70. The number of aliphatic hydroxyl groups is 1. The molecule has 0 aliphatic rings. The third-order valence-corrected chi connectivity index (χ3v) is 2.87. The third kappa shape index (κ3) is 5.02. The summed E-state index contributed by atoms with van der Waals surface area (Å²) in [6.45, 7) is 4.72. The van der Waals surface area contributed by atoms with Gasteiger partial charge in [0.2, 0.25) is 0 Å². The summed E-state index contributed by atoms with van der Waals surface area (Å²) in [5.41, 5.74) is -0.114. The van der Waals surface area contributed by atoms with Crippen LogP contribution >= 0.6 is 11.6 Å². The van der Waals surface area contributed by atoms with Gasteiger partial charge in [-0.25, -0.2) is 4.39 Å². The first-order valence-corrected chi connectivity index (χ1v) is 6.01. The summed E-state index contributed by atoms with van der Waals surface area (Å²) in [5.74, 6) is -0.357. The van der Waals surface area contributed by atoms with E-state index in [0.29, 0.717) is 25.1 Å². The number of hydrogen-bond donors (Lipinski definition) is 1. The maximum atomic E-state index is 13.6. The second-order valence-electron chi connectivity index (χ2n) is 5.01. The second-order valence-corrected chi connectivity index (χ2v) is 5.42. The van der Waals surface area contributed by atoms with Crippen LogP contribution in [-0.2, 0) is 6.54 Å². The van der Waals surface area contributed by atoms with Gasteiger partial charge in [-0.05, 0) is 33.4 Å². The molecule has 0 aromatic heterocycles. The maximum absolute atomic E-state index is 13.6. The molecule has 0 saturated carbocycles. The first-order valence-electron chi connectivity index (χ1n) is 5.63. The van der Waals surface area contributed by atoms with Crippen LogP contribution in [0.3, 0.4) is 0 Å². The first-order chi connectivity index (χ1) is 7.79. The minimum atomic E-state index is -0.693. The Labute approximate surface area is 107 Å². The molecule has 0 aliphatic carbocycles. The minimum absolute atomic E-state index is 0.151. The number of halogens is 2. The van der Waals surface area contributed by atoms with Gasteiger partial charge in [0.25, 0.3) is 0 Å². The predicted molar refractivity (Wildman–Crippen MR) is 68.7 cm³/mol. The smallest absolute Gasteiger partial charge is 0.146 e. The molecule has 1 rings (SSSR count). The zero-order valence-electron chi connectivity index (χ0n) is 10.5. The lowest BCUT2D eigenvalue weighted by atomic mass is 10.1. The Morgan fingerprint density at radius 1 is 1.41 bits per heavy atom. The molecule has 0 saturated heterocycles. The Bertz CT molecular complexity index is 376. The van der Waals surface area contributed by atoms with Crippen molar-refractivity contribution >= 4 is 11.6 Å². The van der Waals surface area contributed by atoms with Crippen molar-refractivity contribution in [2.75, 3.05) is 13.6 Å². The largest absolute Gasteiger partial charge is 0.390 e. The van der Waals surface area contributed by atoms with Gasteiger partial charge in [0.1, 0.15) is 5.82 Å². The average molecular weight is 260 g/mol. The molecule has 1 N–H and O–H groups in total. The summed E-state index contributed by atoms with van der Waals surface area (Å²) in [6.07, 6.45) is 0.645. The van der Waals surface area contributed by atoms with Crippen LogP contribution < -0.4 is 0 Å². The predicted octanol–water partition coefficient (Wildman–Crippen LogP) is 3.07. The lowest BCUT2D eigenvalue weighted by Gasteiger charge is -2.22. The third-order valence-electron chi connectivity index (χ3n) is 2.58. The topological polar surface area (TPSA) is 23.5 Å². The van der Waals surface area contributed by atoms with Crippen LogP contribution in [0, 0.1) is 5.82 Å². The van der Waals surface area contributed by atoms with E-state index in [1.807, 2.05) is 11.9 Å². The van der Waals surface area contributed by atoms with E-state index in [9.17, 15) is 9.50 Å². The highest BCUT2D eigenvalue weighted by atomic mass is 35.5. The summed E-state index contributed by atoms with van der Waals surface area (Å²) >= 11 is 5.71. The molecule has 1 aromatic carbocycles. The van der Waals surface area contributed by atoms with Crippen molar-refractivity contribution in [3.8, 4) is 0 Å². The molecule has 17 heavy (non-hydrogen) atoms. The Balaban J connectivity index is 2.56. The summed E-state index contributed by atoms with van der Waals surface area (Å²) in [5, 5.41) is 9.76. The van der Waals surface area contributed by atoms with Crippen LogP contribution in [0.25, 0.3) is 0 Å². The van der Waals surface area contributed by atoms with Crippen molar-refractivity contribution in [2.45, 2.75) is 32.4 Å². The zero-order valence-corrected chi connectivity index (χ0v) is 11.3. The molecule has 0 fully saturated rings. The summed E-state index contributed by atoms with van der Waals surface area (Å²) in [6, 6.07) is 5.00. The monoisotopic (exact) mass is 259 g/mol. The normalized spacial score (nSPS) is 12.2. The molecule has 4 heteroatoms. The standard InChI is InChI=1S/C13H19ClFNO/c1-13(2,17)7-8-16(3)9-10-5-4-6-11(14)12(10)15/h4-6,17H,7-9H2,1-3H3. The molecule has 0 heterocycles. The van der Waals surface area contributed by atoms with Gasteiger partial charge in [-0.3, -0.25) is 0 Å². The maximum Gasteiger partial charge on any atom is 0.146 e. The van der Waals surface area contributed by atoms with Crippen molar-refractivity contribution in [1.29, 1.82) is 0 Å². The van der Waals surface area contributed by atoms with E-state index in [-0.39, 0.29) is 10.8 Å². The molecule has 0 radical (unpaired) electrons. The SMILES string of the molecule is CN(CCC(C)(C)O)Cc1cccc(Cl)c1F. The van der Waals surface area contributed by atoms with Crippen molar-refractivity contribution in [1.82, 2.24) is 4.90 Å². The molecular formula is C13H19ClFNO. The molecular weight excluding hydrogens is 241 g/mol. The fraction of sp³-hybridized carbons (Fsp3) is 0.538. The molecule has 2 nitrogen and oxygen atoms in total. The molecule has 96 valence electrons. The molecule has 1 aromatic rings. The molecule has 0 spiro atoms. The zero-order chi connectivity index (χ0) is 13.1. The summed E-state index contributed by atoms with van der Waals surface area (Å²) in [7, 11) is 1.89. The van der Waals surface area contributed by atoms with Gasteiger partial charge in [-0.1, -0.05) is 23.7 Å². The number of rotatable bonds is 5. The highest BCUT2D eigenvalue weighted by Crippen LogP contribution is 2.19. The Hall–Kier alpha value is -0.640. The lowest BCUT2D eigenvalue weighted by Crippen LogP contribution is -2.28. The molecule has 0 amide bonds. The molecule has 0 unspecified atom stereocenters. The van der Waals surface area contributed by atoms with Crippen LogP contribution in [0.5, 0.6) is 0 Å². The van der Waals surface area contributed by atoms with Gasteiger partial charge < -0.3 is 10.0 Å². The van der Waals surface area contributed by atoms with Crippen molar-refractivity contribution in [3.63, 3.8) is 0 Å². The van der Waals surface area contributed by atoms with Crippen LogP contribution in [0.2, 0.25) is 5.02 Å². The van der Waals surface area contributed by atoms with Crippen molar-refractivity contribution in [3.05, 3.63) is 34.6 Å². The highest BCUT2D eigenvalue weighted by Gasteiger charge is 2.14. The van der Waals surface area contributed by atoms with E-state index in [4.69, 9.17) is 11.6 Å². The van der Waals surface area contributed by atoms with Gasteiger partial charge in [-0.15, -0.1) is 0 Å². The van der Waals surface area contributed by atoms with Crippen LogP contribution in [-0.4, -0.2) is 29.2 Å². The second kappa shape index (κ2) is 5.80. The van der Waals surface area contributed by atoms with E-state index in [1.165, 1.54) is 6.07 Å². The van der Waals surface area contributed by atoms with Crippen molar-refractivity contribution < 1.29 is 9.50 Å². The van der Waals surface area contributed by atoms with E-state index in [2.05, 4.69) is 0 Å². The Kier molecular flexibility index (Phi) is 4.92. The number of nitrogens with zero attached hydrogens (tertiary/aromatic N) is 1. The van der Waals surface area contributed by atoms with E-state index < -0.39 is 5.60 Å². The summed E-state index contributed by atoms with van der Waals surface area (Å²) < 4.78 is 13.6. The van der Waals surface area contributed by atoms with E-state index in [0.717, 1.165) is 0 Å².